The Labute approximate surface area is 107 Å². The molecule has 0 aromatic carbocycles. The summed E-state index contributed by atoms with van der Waals surface area (Å²) < 4.78 is 3.78. The molecular weight excluding hydrogens is 228 g/mol. The first kappa shape index (κ1) is 12.8. The summed E-state index contributed by atoms with van der Waals surface area (Å²) in [6, 6.07) is 2.20. The van der Waals surface area contributed by atoms with Gasteiger partial charge < -0.3 is 5.32 Å². The van der Waals surface area contributed by atoms with Crippen molar-refractivity contribution in [1.29, 1.82) is 0 Å². The molecule has 0 saturated carbocycles. The Morgan fingerprint density at radius 1 is 1.44 bits per heavy atom. The molecule has 2 rings (SSSR count). The van der Waals surface area contributed by atoms with E-state index in [4.69, 9.17) is 0 Å². The normalized spacial score (nSPS) is 12.8. The van der Waals surface area contributed by atoms with E-state index in [1.165, 1.54) is 0 Å². The summed E-state index contributed by atoms with van der Waals surface area (Å²) in [4.78, 5) is 4.33. The van der Waals surface area contributed by atoms with Crippen molar-refractivity contribution in [3.63, 3.8) is 0 Å². The number of aryl methyl sites for hydroxylation is 2. The lowest BCUT2D eigenvalue weighted by Crippen LogP contribution is -2.22. The second kappa shape index (κ2) is 5.77. The van der Waals surface area contributed by atoms with Gasteiger partial charge in [0.05, 0.1) is 11.7 Å². The van der Waals surface area contributed by atoms with E-state index in [1.807, 2.05) is 35.7 Å². The first-order valence-corrected chi connectivity index (χ1v) is 6.28. The van der Waals surface area contributed by atoms with Crippen LogP contribution in [0.1, 0.15) is 30.9 Å². The Morgan fingerprint density at radius 3 is 2.89 bits per heavy atom. The van der Waals surface area contributed by atoms with Gasteiger partial charge in [0.15, 0.2) is 0 Å². The highest BCUT2D eigenvalue weighted by atomic mass is 15.3. The molecule has 0 fully saturated rings. The third-order valence-corrected chi connectivity index (χ3v) is 2.96. The van der Waals surface area contributed by atoms with Crippen molar-refractivity contribution in [2.24, 2.45) is 7.05 Å². The number of nitrogens with one attached hydrogen (secondary N) is 1. The minimum absolute atomic E-state index is 0.172. The summed E-state index contributed by atoms with van der Waals surface area (Å²) in [5, 5.41) is 12.0. The van der Waals surface area contributed by atoms with Gasteiger partial charge in [0.25, 0.3) is 0 Å². The topological polar surface area (TPSA) is 60.6 Å². The summed E-state index contributed by atoms with van der Waals surface area (Å²) in [5.74, 6) is 1.00. The highest BCUT2D eigenvalue weighted by Gasteiger charge is 2.16. The smallest absolute Gasteiger partial charge is 0.138 e. The van der Waals surface area contributed by atoms with E-state index in [-0.39, 0.29) is 6.04 Å². The van der Waals surface area contributed by atoms with Crippen LogP contribution in [0.3, 0.4) is 0 Å². The van der Waals surface area contributed by atoms with Crippen molar-refractivity contribution in [3.8, 4) is 0 Å². The Morgan fingerprint density at radius 2 is 2.28 bits per heavy atom. The van der Waals surface area contributed by atoms with Gasteiger partial charge in [-0.3, -0.25) is 9.36 Å². The number of hydrogen-bond donors (Lipinski definition) is 1. The molecule has 6 heteroatoms. The van der Waals surface area contributed by atoms with Gasteiger partial charge in [0.2, 0.25) is 0 Å². The zero-order valence-corrected chi connectivity index (χ0v) is 11.2. The third kappa shape index (κ3) is 2.76. The number of aromatic nitrogens is 5. The van der Waals surface area contributed by atoms with Gasteiger partial charge in [-0.25, -0.2) is 4.98 Å². The van der Waals surface area contributed by atoms with E-state index in [2.05, 4.69) is 27.4 Å². The molecule has 0 bridgehead atoms. The van der Waals surface area contributed by atoms with Crippen molar-refractivity contribution in [1.82, 2.24) is 29.9 Å². The van der Waals surface area contributed by atoms with Crippen molar-refractivity contribution in [2.45, 2.75) is 32.4 Å². The third-order valence-electron chi connectivity index (χ3n) is 2.96. The van der Waals surface area contributed by atoms with Gasteiger partial charge >= 0.3 is 0 Å². The molecule has 2 aromatic heterocycles. The van der Waals surface area contributed by atoms with E-state index >= 15 is 0 Å². The Kier molecular flexibility index (Phi) is 4.09. The minimum atomic E-state index is 0.172. The fourth-order valence-electron chi connectivity index (χ4n) is 2.00. The molecule has 1 unspecified atom stereocenters. The van der Waals surface area contributed by atoms with Crippen molar-refractivity contribution < 1.29 is 0 Å². The quantitative estimate of drug-likeness (QED) is 0.826. The second-order valence-corrected chi connectivity index (χ2v) is 4.36. The summed E-state index contributed by atoms with van der Waals surface area (Å²) in [5.41, 5.74) is 1.03. The van der Waals surface area contributed by atoms with Crippen molar-refractivity contribution >= 4 is 0 Å². The SMILES string of the molecule is CCCn1ncnc1CC(NC)c1ccn(C)n1. The van der Waals surface area contributed by atoms with Crippen molar-refractivity contribution in [2.75, 3.05) is 7.05 Å². The number of hydrogen-bond acceptors (Lipinski definition) is 4. The molecule has 0 radical (unpaired) electrons. The Balaban J connectivity index is 2.12. The van der Waals surface area contributed by atoms with Gasteiger partial charge in [0, 0.05) is 26.2 Å². The van der Waals surface area contributed by atoms with Gasteiger partial charge in [-0.1, -0.05) is 6.92 Å². The molecule has 0 aliphatic heterocycles. The summed E-state index contributed by atoms with van der Waals surface area (Å²) in [6.07, 6.45) is 5.43. The molecule has 6 nitrogen and oxygen atoms in total. The van der Waals surface area contributed by atoms with Crippen LogP contribution < -0.4 is 5.32 Å². The van der Waals surface area contributed by atoms with Crippen LogP contribution in [-0.4, -0.2) is 31.6 Å². The molecule has 0 amide bonds. The van der Waals surface area contributed by atoms with Crippen LogP contribution >= 0.6 is 0 Å². The molecule has 1 N–H and O–H groups in total. The Hall–Kier alpha value is -1.69. The first-order valence-electron chi connectivity index (χ1n) is 6.28. The van der Waals surface area contributed by atoms with E-state index in [0.29, 0.717) is 0 Å². The lowest BCUT2D eigenvalue weighted by Gasteiger charge is -2.13. The molecule has 0 aliphatic carbocycles. The molecule has 1 atom stereocenters. The van der Waals surface area contributed by atoms with Crippen LogP contribution in [-0.2, 0) is 20.0 Å². The van der Waals surface area contributed by atoms with E-state index in [1.54, 1.807) is 6.33 Å². The van der Waals surface area contributed by atoms with Gasteiger partial charge in [-0.2, -0.15) is 10.2 Å². The zero-order valence-electron chi connectivity index (χ0n) is 11.2. The molecule has 0 saturated heterocycles. The highest BCUT2D eigenvalue weighted by Crippen LogP contribution is 2.14. The van der Waals surface area contributed by atoms with Gasteiger partial charge in [0.1, 0.15) is 12.2 Å². The summed E-state index contributed by atoms with van der Waals surface area (Å²) in [7, 11) is 3.87. The van der Waals surface area contributed by atoms with Crippen LogP contribution in [0, 0.1) is 0 Å². The predicted molar refractivity (Wildman–Crippen MR) is 69.0 cm³/mol. The Bertz CT molecular complexity index is 486. The fraction of sp³-hybridized carbons (Fsp3) is 0.583. The number of rotatable bonds is 6. The fourth-order valence-corrected chi connectivity index (χ4v) is 2.00. The highest BCUT2D eigenvalue weighted by molar-refractivity contribution is 5.08. The average Bonchev–Trinajstić information content (AvgIpc) is 2.96. The van der Waals surface area contributed by atoms with Gasteiger partial charge in [-0.05, 0) is 19.5 Å². The van der Waals surface area contributed by atoms with Gasteiger partial charge in [-0.15, -0.1) is 0 Å². The standard InChI is InChI=1S/C12H20N6/c1-4-6-18-12(14-9-15-18)8-11(13-2)10-5-7-17(3)16-10/h5,7,9,11,13H,4,6,8H2,1-3H3. The van der Waals surface area contributed by atoms with E-state index < -0.39 is 0 Å². The van der Waals surface area contributed by atoms with E-state index in [9.17, 15) is 0 Å². The molecule has 0 aliphatic rings. The molecule has 98 valence electrons. The minimum Gasteiger partial charge on any atom is -0.311 e. The zero-order chi connectivity index (χ0) is 13.0. The first-order chi connectivity index (χ1) is 8.74. The molecule has 0 spiro atoms. The molecule has 18 heavy (non-hydrogen) atoms. The van der Waals surface area contributed by atoms with Crippen LogP contribution in [0.15, 0.2) is 18.6 Å². The number of nitrogens with zero attached hydrogens (tertiary/aromatic N) is 5. The van der Waals surface area contributed by atoms with E-state index in [0.717, 1.165) is 30.9 Å². The summed E-state index contributed by atoms with van der Waals surface area (Å²) in [6.45, 7) is 3.05. The monoisotopic (exact) mass is 248 g/mol. The van der Waals surface area contributed by atoms with Crippen LogP contribution in [0.25, 0.3) is 0 Å². The second-order valence-electron chi connectivity index (χ2n) is 4.36. The van der Waals surface area contributed by atoms with Crippen LogP contribution in [0.4, 0.5) is 0 Å². The molecule has 2 aromatic rings. The lowest BCUT2D eigenvalue weighted by molar-refractivity contribution is 0.505. The molecule has 2 heterocycles. The van der Waals surface area contributed by atoms with Crippen molar-refractivity contribution in [3.05, 3.63) is 30.1 Å². The molecular formula is C12H20N6. The largest absolute Gasteiger partial charge is 0.311 e. The predicted octanol–water partition coefficient (Wildman–Crippen LogP) is 0.925. The number of likely N-dealkylation sites (N-methyl/N-ethyl adjacent to an activating group) is 1. The maximum absolute atomic E-state index is 4.43. The lowest BCUT2D eigenvalue weighted by atomic mass is 10.1. The van der Waals surface area contributed by atoms with Crippen LogP contribution in [0.2, 0.25) is 0 Å². The maximum atomic E-state index is 4.43. The summed E-state index contributed by atoms with van der Waals surface area (Å²) >= 11 is 0. The van der Waals surface area contributed by atoms with Crippen LogP contribution in [0.5, 0.6) is 0 Å². The average molecular weight is 248 g/mol. The maximum Gasteiger partial charge on any atom is 0.138 e.